The van der Waals surface area contributed by atoms with E-state index < -0.39 is 0 Å². The smallest absolute Gasteiger partial charge is 0.261 e. The summed E-state index contributed by atoms with van der Waals surface area (Å²) in [5.74, 6) is 0.394. The standard InChI is InChI=1S/C16H19N3O2S/c1-2-21-13-6-4-3-5-11(13)15(20)19-16-18-12-8-7-10(17)9-14(12)22-16/h3-6,10H,2,7-9,17H2,1H3,(H,18,19,20)/t10-/m0/s1. The van der Waals surface area contributed by atoms with Gasteiger partial charge in [-0.1, -0.05) is 12.1 Å². The number of nitrogens with one attached hydrogen (secondary N) is 1. The van der Waals surface area contributed by atoms with Gasteiger partial charge in [0.05, 0.1) is 17.9 Å². The number of hydrogen-bond acceptors (Lipinski definition) is 5. The molecule has 3 rings (SSSR count). The first-order valence-electron chi connectivity index (χ1n) is 7.44. The monoisotopic (exact) mass is 317 g/mol. The van der Waals surface area contributed by atoms with E-state index in [9.17, 15) is 4.79 Å². The van der Waals surface area contributed by atoms with Gasteiger partial charge in [0.15, 0.2) is 5.13 Å². The van der Waals surface area contributed by atoms with E-state index in [2.05, 4.69) is 10.3 Å². The fourth-order valence-electron chi connectivity index (χ4n) is 2.55. The summed E-state index contributed by atoms with van der Waals surface area (Å²) in [5, 5.41) is 3.51. The van der Waals surface area contributed by atoms with Crippen LogP contribution in [0.5, 0.6) is 5.75 Å². The quantitative estimate of drug-likeness (QED) is 0.908. The molecule has 1 amide bonds. The van der Waals surface area contributed by atoms with Crippen molar-refractivity contribution in [2.75, 3.05) is 11.9 Å². The number of anilines is 1. The van der Waals surface area contributed by atoms with E-state index in [1.807, 2.05) is 19.1 Å². The molecule has 0 fully saturated rings. The second-order valence-electron chi connectivity index (χ2n) is 5.28. The van der Waals surface area contributed by atoms with Crippen molar-refractivity contribution in [2.45, 2.75) is 32.2 Å². The van der Waals surface area contributed by atoms with Gasteiger partial charge in [0, 0.05) is 10.9 Å². The Morgan fingerprint density at radius 1 is 1.50 bits per heavy atom. The van der Waals surface area contributed by atoms with Crippen molar-refractivity contribution < 1.29 is 9.53 Å². The molecule has 1 atom stereocenters. The number of benzene rings is 1. The topological polar surface area (TPSA) is 77.2 Å². The van der Waals surface area contributed by atoms with Gasteiger partial charge in [0.25, 0.3) is 5.91 Å². The normalized spacial score (nSPS) is 16.9. The van der Waals surface area contributed by atoms with Crippen molar-refractivity contribution in [3.05, 3.63) is 40.4 Å². The molecule has 3 N–H and O–H groups in total. The number of hydrogen-bond donors (Lipinski definition) is 2. The molecule has 1 heterocycles. The summed E-state index contributed by atoms with van der Waals surface area (Å²) < 4.78 is 5.50. The highest BCUT2D eigenvalue weighted by Gasteiger charge is 2.21. The maximum Gasteiger partial charge on any atom is 0.261 e. The number of rotatable bonds is 4. The molecule has 1 aromatic heterocycles. The second kappa shape index (κ2) is 6.46. The number of carbonyl (C=O) groups excluding carboxylic acids is 1. The molecule has 1 aliphatic carbocycles. The van der Waals surface area contributed by atoms with Crippen molar-refractivity contribution in [3.8, 4) is 5.75 Å². The first-order valence-corrected chi connectivity index (χ1v) is 8.26. The van der Waals surface area contributed by atoms with Gasteiger partial charge >= 0.3 is 0 Å². The third-order valence-electron chi connectivity index (χ3n) is 3.63. The van der Waals surface area contributed by atoms with E-state index in [1.165, 1.54) is 16.2 Å². The lowest BCUT2D eigenvalue weighted by atomic mass is 9.99. The van der Waals surface area contributed by atoms with Crippen LogP contribution in [0.3, 0.4) is 0 Å². The number of carbonyl (C=O) groups is 1. The highest BCUT2D eigenvalue weighted by atomic mass is 32.1. The minimum Gasteiger partial charge on any atom is -0.493 e. The van der Waals surface area contributed by atoms with Gasteiger partial charge in [0.2, 0.25) is 0 Å². The molecule has 0 bridgehead atoms. The van der Waals surface area contributed by atoms with Crippen LogP contribution in [0.25, 0.3) is 0 Å². The van der Waals surface area contributed by atoms with Crippen LogP contribution in [0.15, 0.2) is 24.3 Å². The summed E-state index contributed by atoms with van der Waals surface area (Å²) in [7, 11) is 0. The number of fused-ring (bicyclic) bond motifs is 1. The van der Waals surface area contributed by atoms with Gasteiger partial charge in [-0.05, 0) is 38.3 Å². The van der Waals surface area contributed by atoms with E-state index in [0.717, 1.165) is 25.0 Å². The summed E-state index contributed by atoms with van der Waals surface area (Å²) in [6, 6.07) is 7.43. The first kappa shape index (κ1) is 15.0. The molecule has 2 aromatic rings. The molecule has 0 spiro atoms. The predicted molar refractivity (Wildman–Crippen MR) is 87.7 cm³/mol. The third kappa shape index (κ3) is 3.13. The maximum atomic E-state index is 12.4. The fourth-order valence-corrected chi connectivity index (χ4v) is 3.65. The molecule has 6 heteroatoms. The number of para-hydroxylation sites is 1. The number of nitrogens with zero attached hydrogens (tertiary/aromatic N) is 1. The Kier molecular flexibility index (Phi) is 4.40. The van der Waals surface area contributed by atoms with Crippen LogP contribution >= 0.6 is 11.3 Å². The molecule has 0 unspecified atom stereocenters. The minimum atomic E-state index is -0.195. The minimum absolute atomic E-state index is 0.195. The lowest BCUT2D eigenvalue weighted by molar-refractivity contribution is 0.102. The third-order valence-corrected chi connectivity index (χ3v) is 4.67. The van der Waals surface area contributed by atoms with E-state index in [4.69, 9.17) is 10.5 Å². The van der Waals surface area contributed by atoms with Crippen LogP contribution in [0.2, 0.25) is 0 Å². The van der Waals surface area contributed by atoms with Crippen LogP contribution in [-0.2, 0) is 12.8 Å². The fraction of sp³-hybridized carbons (Fsp3) is 0.375. The average Bonchev–Trinajstić information content (AvgIpc) is 2.89. The Labute approximate surface area is 133 Å². The van der Waals surface area contributed by atoms with Gasteiger partial charge in [-0.2, -0.15) is 0 Å². The molecule has 0 saturated carbocycles. The average molecular weight is 317 g/mol. The van der Waals surface area contributed by atoms with Gasteiger partial charge in [-0.3, -0.25) is 10.1 Å². The summed E-state index contributed by atoms with van der Waals surface area (Å²) in [5.41, 5.74) is 7.57. The number of amides is 1. The lowest BCUT2D eigenvalue weighted by Crippen LogP contribution is -2.27. The van der Waals surface area contributed by atoms with Gasteiger partial charge in [-0.25, -0.2) is 4.98 Å². The number of ether oxygens (including phenoxy) is 1. The molecular formula is C16H19N3O2S. The summed E-state index contributed by atoms with van der Waals surface area (Å²) in [6.45, 7) is 2.42. The SMILES string of the molecule is CCOc1ccccc1C(=O)Nc1nc2c(s1)C[C@@H](N)CC2. The summed E-state index contributed by atoms with van der Waals surface area (Å²) in [4.78, 5) is 18.1. The van der Waals surface area contributed by atoms with Gasteiger partial charge in [0.1, 0.15) is 5.75 Å². The Bertz CT molecular complexity index is 684. The van der Waals surface area contributed by atoms with Gasteiger partial charge < -0.3 is 10.5 Å². The molecular weight excluding hydrogens is 298 g/mol. The lowest BCUT2D eigenvalue weighted by Gasteiger charge is -2.15. The summed E-state index contributed by atoms with van der Waals surface area (Å²) in [6.07, 6.45) is 2.69. The molecule has 1 aromatic carbocycles. The molecule has 22 heavy (non-hydrogen) atoms. The van der Waals surface area contributed by atoms with Crippen LogP contribution in [0.1, 0.15) is 34.3 Å². The molecule has 1 aliphatic rings. The van der Waals surface area contributed by atoms with Crippen molar-refractivity contribution in [2.24, 2.45) is 5.73 Å². The zero-order valence-corrected chi connectivity index (χ0v) is 13.3. The van der Waals surface area contributed by atoms with Crippen LogP contribution in [-0.4, -0.2) is 23.5 Å². The first-order chi connectivity index (χ1) is 10.7. The zero-order chi connectivity index (χ0) is 15.5. The second-order valence-corrected chi connectivity index (χ2v) is 6.36. The van der Waals surface area contributed by atoms with E-state index in [0.29, 0.717) is 23.1 Å². The van der Waals surface area contributed by atoms with Crippen molar-refractivity contribution in [1.82, 2.24) is 4.98 Å². The van der Waals surface area contributed by atoms with Crippen LogP contribution in [0.4, 0.5) is 5.13 Å². The van der Waals surface area contributed by atoms with E-state index in [-0.39, 0.29) is 11.9 Å². The predicted octanol–water partition coefficient (Wildman–Crippen LogP) is 2.61. The van der Waals surface area contributed by atoms with Crippen LogP contribution < -0.4 is 15.8 Å². The van der Waals surface area contributed by atoms with Gasteiger partial charge in [-0.15, -0.1) is 11.3 Å². The summed E-state index contributed by atoms with van der Waals surface area (Å²) >= 11 is 1.52. The number of thiazole rings is 1. The molecule has 0 radical (unpaired) electrons. The van der Waals surface area contributed by atoms with Crippen LogP contribution in [0, 0.1) is 0 Å². The van der Waals surface area contributed by atoms with Crippen molar-refractivity contribution in [1.29, 1.82) is 0 Å². The molecule has 116 valence electrons. The molecule has 0 saturated heterocycles. The maximum absolute atomic E-state index is 12.4. The van der Waals surface area contributed by atoms with E-state index >= 15 is 0 Å². The number of aryl methyl sites for hydroxylation is 1. The highest BCUT2D eigenvalue weighted by Crippen LogP contribution is 2.30. The highest BCUT2D eigenvalue weighted by molar-refractivity contribution is 7.15. The Hall–Kier alpha value is -1.92. The largest absolute Gasteiger partial charge is 0.493 e. The van der Waals surface area contributed by atoms with Crippen molar-refractivity contribution in [3.63, 3.8) is 0 Å². The van der Waals surface area contributed by atoms with E-state index in [1.54, 1.807) is 12.1 Å². The Balaban J connectivity index is 1.77. The Morgan fingerprint density at radius 3 is 3.14 bits per heavy atom. The molecule has 0 aliphatic heterocycles. The Morgan fingerprint density at radius 2 is 2.32 bits per heavy atom. The zero-order valence-electron chi connectivity index (χ0n) is 12.5. The number of aromatic nitrogens is 1. The van der Waals surface area contributed by atoms with Crippen molar-refractivity contribution >= 4 is 22.4 Å². The molecule has 5 nitrogen and oxygen atoms in total. The number of nitrogens with two attached hydrogens (primary N) is 1.